The Labute approximate surface area is 88.5 Å². The van der Waals surface area contributed by atoms with Crippen LogP contribution in [0.2, 0.25) is 0 Å². The molecule has 0 N–H and O–H groups in total. The predicted molar refractivity (Wildman–Crippen MR) is 57.4 cm³/mol. The van der Waals surface area contributed by atoms with E-state index in [1.54, 1.807) is 0 Å². The molecule has 4 nitrogen and oxygen atoms in total. The van der Waals surface area contributed by atoms with Gasteiger partial charge in [0, 0.05) is 37.1 Å². The largest absolute Gasteiger partial charge is 0.291 e. The highest BCUT2D eigenvalue weighted by Gasteiger charge is 2.26. The van der Waals surface area contributed by atoms with Crippen LogP contribution in [0.3, 0.4) is 0 Å². The Balaban J connectivity index is 2.08. The van der Waals surface area contributed by atoms with E-state index in [9.17, 15) is 0 Å². The molecule has 0 bridgehead atoms. The first-order chi connectivity index (χ1) is 7.25. The zero-order chi connectivity index (χ0) is 10.4. The molecule has 1 aliphatic rings. The molecule has 4 heteroatoms. The summed E-state index contributed by atoms with van der Waals surface area (Å²) in [6.07, 6.45) is 3.79. The third kappa shape index (κ3) is 1.25. The van der Waals surface area contributed by atoms with Crippen LogP contribution in [0.15, 0.2) is 18.5 Å². The standard InChI is InChI=1S/C11H14N4/c1-8(2)14-6-9-10(7-14)13-15-5-3-4-12-11(9)15/h3-5,8H,6-7H2,1-2H3. The number of fused-ring (bicyclic) bond motifs is 3. The van der Waals surface area contributed by atoms with E-state index in [0.717, 1.165) is 18.7 Å². The SMILES string of the molecule is CC(C)N1Cc2nn3cccnc3c2C1. The van der Waals surface area contributed by atoms with Gasteiger partial charge < -0.3 is 0 Å². The van der Waals surface area contributed by atoms with E-state index in [1.807, 2.05) is 23.0 Å². The summed E-state index contributed by atoms with van der Waals surface area (Å²) in [6.45, 7) is 6.37. The Morgan fingerprint density at radius 2 is 2.20 bits per heavy atom. The van der Waals surface area contributed by atoms with Crippen molar-refractivity contribution < 1.29 is 0 Å². The van der Waals surface area contributed by atoms with Crippen LogP contribution in [0.4, 0.5) is 0 Å². The average Bonchev–Trinajstić information content (AvgIpc) is 2.73. The minimum atomic E-state index is 0.572. The van der Waals surface area contributed by atoms with Crippen molar-refractivity contribution in [1.82, 2.24) is 19.5 Å². The molecule has 0 aromatic carbocycles. The van der Waals surface area contributed by atoms with Gasteiger partial charge in [-0.1, -0.05) is 0 Å². The van der Waals surface area contributed by atoms with Gasteiger partial charge in [0.15, 0.2) is 5.65 Å². The van der Waals surface area contributed by atoms with Crippen molar-refractivity contribution >= 4 is 5.65 Å². The van der Waals surface area contributed by atoms with E-state index in [1.165, 1.54) is 11.3 Å². The van der Waals surface area contributed by atoms with Gasteiger partial charge in [-0.15, -0.1) is 0 Å². The van der Waals surface area contributed by atoms with Crippen molar-refractivity contribution in [2.75, 3.05) is 0 Å². The molecule has 0 atom stereocenters. The lowest BCUT2D eigenvalue weighted by Crippen LogP contribution is -2.25. The van der Waals surface area contributed by atoms with Crippen LogP contribution in [-0.2, 0) is 13.1 Å². The van der Waals surface area contributed by atoms with Crippen molar-refractivity contribution in [2.24, 2.45) is 0 Å². The molecule has 2 aromatic rings. The molecule has 0 aliphatic carbocycles. The third-order valence-corrected chi connectivity index (χ3v) is 3.02. The Morgan fingerprint density at radius 1 is 1.33 bits per heavy atom. The molecule has 1 aliphatic heterocycles. The molecule has 2 aromatic heterocycles. The van der Waals surface area contributed by atoms with E-state index in [2.05, 4.69) is 28.8 Å². The fourth-order valence-corrected chi connectivity index (χ4v) is 2.09. The molecular formula is C11H14N4. The summed E-state index contributed by atoms with van der Waals surface area (Å²) >= 11 is 0. The van der Waals surface area contributed by atoms with Crippen LogP contribution in [0.5, 0.6) is 0 Å². The Kier molecular flexibility index (Phi) is 1.79. The molecule has 3 rings (SSSR count). The number of aromatic nitrogens is 3. The molecule has 0 unspecified atom stereocenters. The highest BCUT2D eigenvalue weighted by Crippen LogP contribution is 2.26. The summed E-state index contributed by atoms with van der Waals surface area (Å²) in [5.41, 5.74) is 3.49. The molecule has 0 spiro atoms. The zero-order valence-electron chi connectivity index (χ0n) is 9.01. The maximum absolute atomic E-state index is 4.54. The van der Waals surface area contributed by atoms with Gasteiger partial charge in [-0.2, -0.15) is 5.10 Å². The molecule has 15 heavy (non-hydrogen) atoms. The van der Waals surface area contributed by atoms with Gasteiger partial charge in [-0.05, 0) is 19.9 Å². The van der Waals surface area contributed by atoms with Crippen molar-refractivity contribution in [2.45, 2.75) is 33.0 Å². The van der Waals surface area contributed by atoms with Gasteiger partial charge in [0.2, 0.25) is 0 Å². The Morgan fingerprint density at radius 3 is 3.00 bits per heavy atom. The highest BCUT2D eigenvalue weighted by molar-refractivity contribution is 5.51. The van der Waals surface area contributed by atoms with Crippen LogP contribution in [-0.4, -0.2) is 25.5 Å². The first kappa shape index (κ1) is 8.85. The lowest BCUT2D eigenvalue weighted by molar-refractivity contribution is 0.225. The number of hydrogen-bond acceptors (Lipinski definition) is 3. The molecule has 0 saturated carbocycles. The number of hydrogen-bond donors (Lipinski definition) is 0. The normalized spacial score (nSPS) is 16.5. The second kappa shape index (κ2) is 3.03. The van der Waals surface area contributed by atoms with E-state index in [4.69, 9.17) is 0 Å². The van der Waals surface area contributed by atoms with Gasteiger partial charge >= 0.3 is 0 Å². The quantitative estimate of drug-likeness (QED) is 0.702. The number of nitrogens with zero attached hydrogens (tertiary/aromatic N) is 4. The van der Waals surface area contributed by atoms with E-state index in [-0.39, 0.29) is 0 Å². The summed E-state index contributed by atoms with van der Waals surface area (Å²) in [5.74, 6) is 0. The first-order valence-corrected chi connectivity index (χ1v) is 5.31. The first-order valence-electron chi connectivity index (χ1n) is 5.31. The predicted octanol–water partition coefficient (Wildman–Crippen LogP) is 1.45. The average molecular weight is 202 g/mol. The van der Waals surface area contributed by atoms with Crippen LogP contribution in [0.1, 0.15) is 25.1 Å². The molecule has 0 radical (unpaired) electrons. The summed E-state index contributed by atoms with van der Waals surface area (Å²) in [5, 5.41) is 4.54. The maximum Gasteiger partial charge on any atom is 0.159 e. The fraction of sp³-hybridized carbons (Fsp3) is 0.455. The van der Waals surface area contributed by atoms with Crippen molar-refractivity contribution in [1.29, 1.82) is 0 Å². The lowest BCUT2D eigenvalue weighted by atomic mass is 10.3. The Hall–Kier alpha value is -1.42. The van der Waals surface area contributed by atoms with Gasteiger partial charge in [0.1, 0.15) is 0 Å². The van der Waals surface area contributed by atoms with Crippen molar-refractivity contribution in [3.8, 4) is 0 Å². The molecule has 0 amide bonds. The molecule has 3 heterocycles. The summed E-state index contributed by atoms with van der Waals surface area (Å²) in [4.78, 5) is 6.79. The maximum atomic E-state index is 4.54. The minimum Gasteiger partial charge on any atom is -0.291 e. The van der Waals surface area contributed by atoms with Crippen LogP contribution in [0.25, 0.3) is 5.65 Å². The molecule has 78 valence electrons. The smallest absolute Gasteiger partial charge is 0.159 e. The van der Waals surface area contributed by atoms with Gasteiger partial charge in [0.25, 0.3) is 0 Å². The third-order valence-electron chi connectivity index (χ3n) is 3.02. The van der Waals surface area contributed by atoms with Gasteiger partial charge in [-0.25, -0.2) is 9.50 Å². The van der Waals surface area contributed by atoms with Crippen LogP contribution < -0.4 is 0 Å². The van der Waals surface area contributed by atoms with Gasteiger partial charge in [-0.3, -0.25) is 4.90 Å². The number of rotatable bonds is 1. The van der Waals surface area contributed by atoms with Crippen LogP contribution >= 0.6 is 0 Å². The van der Waals surface area contributed by atoms with E-state index in [0.29, 0.717) is 6.04 Å². The van der Waals surface area contributed by atoms with Crippen molar-refractivity contribution in [3.05, 3.63) is 29.7 Å². The molecular weight excluding hydrogens is 188 g/mol. The van der Waals surface area contributed by atoms with E-state index >= 15 is 0 Å². The van der Waals surface area contributed by atoms with Crippen LogP contribution in [0, 0.1) is 0 Å². The lowest BCUT2D eigenvalue weighted by Gasteiger charge is -2.19. The molecule has 0 saturated heterocycles. The second-order valence-corrected chi connectivity index (χ2v) is 4.31. The van der Waals surface area contributed by atoms with Crippen molar-refractivity contribution in [3.63, 3.8) is 0 Å². The summed E-state index contributed by atoms with van der Waals surface area (Å²) < 4.78 is 1.88. The fourth-order valence-electron chi connectivity index (χ4n) is 2.09. The monoisotopic (exact) mass is 202 g/mol. The van der Waals surface area contributed by atoms with E-state index < -0.39 is 0 Å². The minimum absolute atomic E-state index is 0.572. The summed E-state index contributed by atoms with van der Waals surface area (Å²) in [7, 11) is 0. The van der Waals surface area contributed by atoms with Gasteiger partial charge in [0.05, 0.1) is 5.69 Å². The second-order valence-electron chi connectivity index (χ2n) is 4.31. The topological polar surface area (TPSA) is 33.4 Å². The Bertz CT molecular complexity index is 500. The molecule has 0 fully saturated rings. The summed E-state index contributed by atoms with van der Waals surface area (Å²) in [6, 6.07) is 2.48. The zero-order valence-corrected chi connectivity index (χ0v) is 9.01. The highest BCUT2D eigenvalue weighted by atomic mass is 15.3.